The van der Waals surface area contributed by atoms with Crippen LogP contribution in [0, 0.1) is 5.82 Å². The Morgan fingerprint density at radius 2 is 2.07 bits per heavy atom. The van der Waals surface area contributed by atoms with Gasteiger partial charge in [0.15, 0.2) is 11.6 Å². The van der Waals surface area contributed by atoms with Crippen LogP contribution in [0.3, 0.4) is 0 Å². The van der Waals surface area contributed by atoms with Crippen LogP contribution < -0.4 is 4.74 Å². The van der Waals surface area contributed by atoms with E-state index in [4.69, 9.17) is 4.74 Å². The molecule has 1 aromatic carbocycles. The molecule has 0 saturated carbocycles. The van der Waals surface area contributed by atoms with Gasteiger partial charge in [-0.3, -0.25) is 0 Å². The van der Waals surface area contributed by atoms with E-state index in [9.17, 15) is 4.39 Å². The van der Waals surface area contributed by atoms with Gasteiger partial charge in [0, 0.05) is 0 Å². The summed E-state index contributed by atoms with van der Waals surface area (Å²) in [7, 11) is 0. The normalized spacial score (nSPS) is 12.6. The molecule has 0 aliphatic carbocycles. The van der Waals surface area contributed by atoms with Crippen molar-refractivity contribution in [3.63, 3.8) is 0 Å². The lowest BCUT2D eigenvalue weighted by molar-refractivity contribution is 0.319. The minimum atomic E-state index is -0.205. The van der Waals surface area contributed by atoms with Gasteiger partial charge in [-0.05, 0) is 30.9 Å². The van der Waals surface area contributed by atoms with E-state index in [1.54, 1.807) is 6.07 Å². The summed E-state index contributed by atoms with van der Waals surface area (Å²) in [6, 6.07) is 5.34. The second-order valence-corrected chi connectivity index (χ2v) is 3.40. The number of hydrogen-bond acceptors (Lipinski definition) is 1. The molecule has 1 rings (SSSR count). The summed E-state index contributed by atoms with van der Waals surface area (Å²) in [5.74, 6) is 0.407. The van der Waals surface area contributed by atoms with Crippen molar-refractivity contribution in [2.24, 2.45) is 0 Å². The van der Waals surface area contributed by atoms with E-state index in [2.05, 4.69) is 6.92 Å². The third-order valence-corrected chi connectivity index (χ3v) is 2.44. The van der Waals surface area contributed by atoms with Crippen molar-refractivity contribution in [1.29, 1.82) is 0 Å². The molecule has 0 radical (unpaired) electrons. The van der Waals surface area contributed by atoms with Crippen molar-refractivity contribution in [1.82, 2.24) is 0 Å². The van der Waals surface area contributed by atoms with Gasteiger partial charge in [0.05, 0.1) is 6.61 Å². The summed E-state index contributed by atoms with van der Waals surface area (Å²) < 4.78 is 19.0. The SMILES string of the molecule is CCOc1cccc(C(C)CC)c1F. The number of benzene rings is 1. The summed E-state index contributed by atoms with van der Waals surface area (Å²) in [5.41, 5.74) is 0.749. The molecule has 0 spiro atoms. The summed E-state index contributed by atoms with van der Waals surface area (Å²) in [6.07, 6.45) is 0.937. The van der Waals surface area contributed by atoms with Crippen LogP contribution in [0.4, 0.5) is 4.39 Å². The van der Waals surface area contributed by atoms with Gasteiger partial charge in [0.2, 0.25) is 0 Å². The molecular formula is C12H17FO. The second-order valence-electron chi connectivity index (χ2n) is 3.40. The van der Waals surface area contributed by atoms with Crippen molar-refractivity contribution in [3.8, 4) is 5.75 Å². The Balaban J connectivity index is 3.00. The molecule has 0 amide bonds. The Hall–Kier alpha value is -1.05. The van der Waals surface area contributed by atoms with Crippen LogP contribution in [0.2, 0.25) is 0 Å². The van der Waals surface area contributed by atoms with E-state index in [1.807, 2.05) is 26.0 Å². The maximum absolute atomic E-state index is 13.8. The van der Waals surface area contributed by atoms with E-state index in [0.717, 1.165) is 12.0 Å². The molecule has 0 aromatic heterocycles. The van der Waals surface area contributed by atoms with Gasteiger partial charge in [-0.15, -0.1) is 0 Å². The fourth-order valence-electron chi connectivity index (χ4n) is 1.40. The zero-order valence-electron chi connectivity index (χ0n) is 9.01. The predicted molar refractivity (Wildman–Crippen MR) is 56.3 cm³/mol. The first-order valence-electron chi connectivity index (χ1n) is 5.11. The number of halogens is 1. The monoisotopic (exact) mass is 196 g/mol. The van der Waals surface area contributed by atoms with Crippen LogP contribution in [-0.2, 0) is 0 Å². The number of hydrogen-bond donors (Lipinski definition) is 0. The van der Waals surface area contributed by atoms with Crippen LogP contribution in [0.1, 0.15) is 38.7 Å². The fraction of sp³-hybridized carbons (Fsp3) is 0.500. The van der Waals surface area contributed by atoms with Gasteiger partial charge in [0.25, 0.3) is 0 Å². The largest absolute Gasteiger partial charge is 0.491 e. The molecule has 1 atom stereocenters. The first-order chi connectivity index (χ1) is 6.70. The molecule has 0 fully saturated rings. The highest BCUT2D eigenvalue weighted by atomic mass is 19.1. The Kier molecular flexibility index (Phi) is 3.93. The lowest BCUT2D eigenvalue weighted by Crippen LogP contribution is -2.00. The molecule has 78 valence electrons. The van der Waals surface area contributed by atoms with Gasteiger partial charge < -0.3 is 4.74 Å². The van der Waals surface area contributed by atoms with E-state index in [-0.39, 0.29) is 11.7 Å². The van der Waals surface area contributed by atoms with Crippen molar-refractivity contribution >= 4 is 0 Å². The highest BCUT2D eigenvalue weighted by molar-refractivity contribution is 5.33. The van der Waals surface area contributed by atoms with Crippen molar-refractivity contribution in [3.05, 3.63) is 29.6 Å². The van der Waals surface area contributed by atoms with Gasteiger partial charge in [0.1, 0.15) is 0 Å². The Bertz CT molecular complexity index is 296. The van der Waals surface area contributed by atoms with Crippen molar-refractivity contribution < 1.29 is 9.13 Å². The quantitative estimate of drug-likeness (QED) is 0.712. The molecule has 0 aliphatic rings. The Morgan fingerprint density at radius 3 is 2.64 bits per heavy atom. The van der Waals surface area contributed by atoms with Crippen LogP contribution >= 0.6 is 0 Å². The zero-order valence-corrected chi connectivity index (χ0v) is 9.01. The number of ether oxygens (including phenoxy) is 1. The molecule has 2 heteroatoms. The minimum absolute atomic E-state index is 0.205. The average molecular weight is 196 g/mol. The van der Waals surface area contributed by atoms with E-state index in [1.165, 1.54) is 0 Å². The van der Waals surface area contributed by atoms with Crippen LogP contribution in [0.5, 0.6) is 5.75 Å². The van der Waals surface area contributed by atoms with Crippen LogP contribution in [-0.4, -0.2) is 6.61 Å². The van der Waals surface area contributed by atoms with Gasteiger partial charge >= 0.3 is 0 Å². The Morgan fingerprint density at radius 1 is 1.36 bits per heavy atom. The summed E-state index contributed by atoms with van der Waals surface area (Å²) in [6.45, 7) is 6.43. The molecule has 0 aliphatic heterocycles. The highest BCUT2D eigenvalue weighted by Gasteiger charge is 2.12. The van der Waals surface area contributed by atoms with Crippen LogP contribution in [0.25, 0.3) is 0 Å². The van der Waals surface area contributed by atoms with Gasteiger partial charge in [-0.2, -0.15) is 0 Å². The average Bonchev–Trinajstić information content (AvgIpc) is 2.20. The summed E-state index contributed by atoms with van der Waals surface area (Å²) >= 11 is 0. The third kappa shape index (κ3) is 2.25. The maximum Gasteiger partial charge on any atom is 0.168 e. The molecule has 0 heterocycles. The number of rotatable bonds is 4. The smallest absolute Gasteiger partial charge is 0.168 e. The Labute approximate surface area is 84.9 Å². The minimum Gasteiger partial charge on any atom is -0.491 e. The van der Waals surface area contributed by atoms with E-state index < -0.39 is 0 Å². The standard InChI is InChI=1S/C12H17FO/c1-4-9(3)10-7-6-8-11(12(10)13)14-5-2/h6-9H,4-5H2,1-3H3. The second kappa shape index (κ2) is 4.99. The fourth-order valence-corrected chi connectivity index (χ4v) is 1.40. The third-order valence-electron chi connectivity index (χ3n) is 2.44. The topological polar surface area (TPSA) is 9.23 Å². The van der Waals surface area contributed by atoms with Crippen molar-refractivity contribution in [2.45, 2.75) is 33.1 Å². The summed E-state index contributed by atoms with van der Waals surface area (Å²) in [5, 5.41) is 0. The molecular weight excluding hydrogens is 179 g/mol. The molecule has 1 nitrogen and oxygen atoms in total. The summed E-state index contributed by atoms with van der Waals surface area (Å²) in [4.78, 5) is 0. The lowest BCUT2D eigenvalue weighted by Gasteiger charge is -2.12. The van der Waals surface area contributed by atoms with E-state index >= 15 is 0 Å². The highest BCUT2D eigenvalue weighted by Crippen LogP contribution is 2.27. The molecule has 0 saturated heterocycles. The predicted octanol–water partition coefficient (Wildman–Crippen LogP) is 3.74. The molecule has 0 N–H and O–H groups in total. The van der Waals surface area contributed by atoms with Crippen molar-refractivity contribution in [2.75, 3.05) is 6.61 Å². The molecule has 1 aromatic rings. The van der Waals surface area contributed by atoms with Gasteiger partial charge in [-0.25, -0.2) is 4.39 Å². The molecule has 14 heavy (non-hydrogen) atoms. The maximum atomic E-state index is 13.8. The zero-order chi connectivity index (χ0) is 10.6. The molecule has 0 bridgehead atoms. The first-order valence-corrected chi connectivity index (χ1v) is 5.11. The van der Waals surface area contributed by atoms with Crippen LogP contribution in [0.15, 0.2) is 18.2 Å². The van der Waals surface area contributed by atoms with Gasteiger partial charge in [-0.1, -0.05) is 26.0 Å². The first kappa shape index (κ1) is 11.0. The molecule has 1 unspecified atom stereocenters. The lowest BCUT2D eigenvalue weighted by atomic mass is 9.98. The van der Waals surface area contributed by atoms with E-state index in [0.29, 0.717) is 12.4 Å².